The maximum atomic E-state index is 13.5. The molecule has 2 unspecified atom stereocenters. The van der Waals surface area contributed by atoms with Gasteiger partial charge in [-0.25, -0.2) is 0 Å². The average molecular weight is 452 g/mol. The van der Waals surface area contributed by atoms with Gasteiger partial charge in [-0.05, 0) is 49.9 Å². The Hall–Kier alpha value is -2.67. The topological polar surface area (TPSA) is 61.7 Å². The molecule has 2 aromatic rings. The second-order valence-corrected chi connectivity index (χ2v) is 9.37. The molecule has 2 amide bonds. The van der Waals surface area contributed by atoms with Crippen LogP contribution >= 0.6 is 0 Å². The number of fused-ring (bicyclic) bond motifs is 3. The number of aromatic nitrogens is 2. The number of carbonyl (C=O) groups excluding carboxylic acids is 2. The van der Waals surface area contributed by atoms with Crippen molar-refractivity contribution in [2.45, 2.75) is 78.0 Å². The van der Waals surface area contributed by atoms with Crippen molar-refractivity contribution in [2.75, 3.05) is 24.5 Å². The summed E-state index contributed by atoms with van der Waals surface area (Å²) in [7, 11) is 0. The Morgan fingerprint density at radius 3 is 2.58 bits per heavy atom. The van der Waals surface area contributed by atoms with Crippen LogP contribution in [0.4, 0.5) is 5.69 Å². The molecule has 0 spiro atoms. The highest BCUT2D eigenvalue weighted by molar-refractivity contribution is 5.94. The van der Waals surface area contributed by atoms with Crippen molar-refractivity contribution in [3.8, 4) is 0 Å². The van der Waals surface area contributed by atoms with Crippen LogP contribution in [0.5, 0.6) is 0 Å². The third-order valence-electron chi connectivity index (χ3n) is 7.15. The molecule has 1 aromatic carbocycles. The van der Waals surface area contributed by atoms with Crippen LogP contribution in [-0.4, -0.2) is 63.1 Å². The highest BCUT2D eigenvalue weighted by atomic mass is 16.2. The lowest BCUT2D eigenvalue weighted by Crippen LogP contribution is -2.52. The van der Waals surface area contributed by atoms with Crippen molar-refractivity contribution in [1.29, 1.82) is 0 Å². The molecule has 7 heteroatoms. The smallest absolute Gasteiger partial charge is 0.244 e. The standard InChI is InChI=1S/C26H37N5O2/c1-4-25(32)31-14-13-22-10-8-11-23(30(22)5-2)18-28(17-21-9-6-7-12-24(21)31)26(33)19-29-16-20(3)15-27-29/h6-7,9,12,15-16,22-23H,4-5,8,10-11,13-14,17-19H2,1-3H3. The quantitative estimate of drug-likeness (QED) is 0.713. The summed E-state index contributed by atoms with van der Waals surface area (Å²) in [5.74, 6) is 0.209. The zero-order valence-corrected chi connectivity index (χ0v) is 20.2. The molecule has 2 atom stereocenters. The predicted octanol–water partition coefficient (Wildman–Crippen LogP) is 3.61. The number of aryl methyl sites for hydroxylation is 1. The van der Waals surface area contributed by atoms with Gasteiger partial charge in [-0.1, -0.05) is 38.5 Å². The molecular weight excluding hydrogens is 414 g/mol. The maximum Gasteiger partial charge on any atom is 0.244 e. The first kappa shape index (κ1) is 23.5. The largest absolute Gasteiger partial charge is 0.335 e. The van der Waals surface area contributed by atoms with E-state index in [4.69, 9.17) is 0 Å². The number of amides is 2. The van der Waals surface area contributed by atoms with E-state index in [1.165, 1.54) is 6.42 Å². The number of rotatable bonds is 4. The first-order chi connectivity index (χ1) is 16.0. The number of anilines is 1. The van der Waals surface area contributed by atoms with Gasteiger partial charge in [0.2, 0.25) is 11.8 Å². The van der Waals surface area contributed by atoms with Crippen molar-refractivity contribution in [1.82, 2.24) is 19.6 Å². The van der Waals surface area contributed by atoms with Gasteiger partial charge < -0.3 is 9.80 Å². The molecule has 2 aliphatic heterocycles. The molecule has 3 heterocycles. The van der Waals surface area contributed by atoms with Crippen LogP contribution in [-0.2, 0) is 22.7 Å². The lowest BCUT2D eigenvalue weighted by atomic mass is 9.93. The number of piperidine rings is 1. The van der Waals surface area contributed by atoms with Crippen molar-refractivity contribution < 1.29 is 9.59 Å². The number of likely N-dealkylation sites (N-methyl/N-ethyl adjacent to an activating group) is 1. The molecule has 1 fully saturated rings. The highest BCUT2D eigenvalue weighted by Crippen LogP contribution is 2.30. The fourth-order valence-corrected chi connectivity index (χ4v) is 5.50. The van der Waals surface area contributed by atoms with E-state index in [2.05, 4.69) is 23.0 Å². The monoisotopic (exact) mass is 451 g/mol. The molecule has 4 rings (SSSR count). The molecule has 33 heavy (non-hydrogen) atoms. The van der Waals surface area contributed by atoms with Gasteiger partial charge in [0.15, 0.2) is 0 Å². The molecule has 0 radical (unpaired) electrons. The first-order valence-corrected chi connectivity index (χ1v) is 12.4. The van der Waals surface area contributed by atoms with Gasteiger partial charge >= 0.3 is 0 Å². The molecule has 178 valence electrons. The average Bonchev–Trinajstić information content (AvgIpc) is 3.22. The van der Waals surface area contributed by atoms with E-state index in [-0.39, 0.29) is 18.4 Å². The van der Waals surface area contributed by atoms with Gasteiger partial charge in [0.05, 0.1) is 6.20 Å². The van der Waals surface area contributed by atoms with Crippen LogP contribution in [0.3, 0.4) is 0 Å². The van der Waals surface area contributed by atoms with E-state index in [1.807, 2.05) is 48.0 Å². The zero-order chi connectivity index (χ0) is 23.4. The fourth-order valence-electron chi connectivity index (χ4n) is 5.50. The van der Waals surface area contributed by atoms with E-state index in [1.54, 1.807) is 10.9 Å². The Labute approximate surface area is 197 Å². The van der Waals surface area contributed by atoms with Gasteiger partial charge in [-0.3, -0.25) is 19.2 Å². The summed E-state index contributed by atoms with van der Waals surface area (Å²) >= 11 is 0. The minimum absolute atomic E-state index is 0.0682. The number of para-hydroxylation sites is 1. The van der Waals surface area contributed by atoms with E-state index in [0.717, 1.165) is 49.2 Å². The first-order valence-electron chi connectivity index (χ1n) is 12.4. The summed E-state index contributed by atoms with van der Waals surface area (Å²) in [6.45, 7) is 9.25. The minimum atomic E-state index is 0.0682. The predicted molar refractivity (Wildman–Crippen MR) is 130 cm³/mol. The molecule has 0 saturated carbocycles. The van der Waals surface area contributed by atoms with Crippen molar-refractivity contribution >= 4 is 17.5 Å². The van der Waals surface area contributed by atoms with Gasteiger partial charge in [0.25, 0.3) is 0 Å². The van der Waals surface area contributed by atoms with Crippen molar-refractivity contribution in [3.05, 3.63) is 47.8 Å². The summed E-state index contributed by atoms with van der Waals surface area (Å²) in [4.78, 5) is 33.0. The number of carbonyl (C=O) groups is 2. The third kappa shape index (κ3) is 5.29. The number of hydrogen-bond donors (Lipinski definition) is 0. The van der Waals surface area contributed by atoms with Crippen LogP contribution in [0.2, 0.25) is 0 Å². The summed E-state index contributed by atoms with van der Waals surface area (Å²) in [6.07, 6.45) is 8.56. The molecule has 1 saturated heterocycles. The van der Waals surface area contributed by atoms with Crippen LogP contribution < -0.4 is 4.90 Å². The highest BCUT2D eigenvalue weighted by Gasteiger charge is 2.33. The van der Waals surface area contributed by atoms with Crippen LogP contribution in [0.25, 0.3) is 0 Å². The summed E-state index contributed by atoms with van der Waals surface area (Å²) in [6, 6.07) is 8.87. The lowest BCUT2D eigenvalue weighted by Gasteiger charge is -2.43. The number of hydrogen-bond acceptors (Lipinski definition) is 4. The Balaban J connectivity index is 1.71. The van der Waals surface area contributed by atoms with Gasteiger partial charge in [0, 0.05) is 50.0 Å². The summed E-state index contributed by atoms with van der Waals surface area (Å²) in [5, 5.41) is 4.33. The number of benzene rings is 1. The Morgan fingerprint density at radius 2 is 1.85 bits per heavy atom. The van der Waals surface area contributed by atoms with Crippen molar-refractivity contribution in [3.63, 3.8) is 0 Å². The van der Waals surface area contributed by atoms with E-state index < -0.39 is 0 Å². The van der Waals surface area contributed by atoms with Crippen LogP contribution in [0.1, 0.15) is 57.1 Å². The molecule has 2 aliphatic rings. The third-order valence-corrected chi connectivity index (χ3v) is 7.15. The Morgan fingerprint density at radius 1 is 1.06 bits per heavy atom. The van der Waals surface area contributed by atoms with Crippen LogP contribution in [0.15, 0.2) is 36.7 Å². The molecular formula is C26H37N5O2. The molecule has 2 bridgehead atoms. The van der Waals surface area contributed by atoms with Crippen molar-refractivity contribution in [2.24, 2.45) is 0 Å². The molecule has 7 nitrogen and oxygen atoms in total. The second-order valence-electron chi connectivity index (χ2n) is 9.37. The zero-order valence-electron chi connectivity index (χ0n) is 20.2. The Bertz CT molecular complexity index is 971. The summed E-state index contributed by atoms with van der Waals surface area (Å²) < 4.78 is 1.73. The van der Waals surface area contributed by atoms with Gasteiger partial charge in [0.1, 0.15) is 6.54 Å². The van der Waals surface area contributed by atoms with Gasteiger partial charge in [-0.15, -0.1) is 0 Å². The van der Waals surface area contributed by atoms with Gasteiger partial charge in [-0.2, -0.15) is 5.10 Å². The Kier molecular flexibility index (Phi) is 7.48. The molecule has 0 aliphatic carbocycles. The van der Waals surface area contributed by atoms with E-state index in [9.17, 15) is 9.59 Å². The fraction of sp³-hybridized carbons (Fsp3) is 0.577. The molecule has 0 N–H and O–H groups in total. The maximum absolute atomic E-state index is 13.5. The van der Waals surface area contributed by atoms with Crippen LogP contribution in [0, 0.1) is 6.92 Å². The normalized spacial score (nSPS) is 21.9. The number of nitrogens with zero attached hydrogens (tertiary/aromatic N) is 5. The second kappa shape index (κ2) is 10.5. The lowest BCUT2D eigenvalue weighted by molar-refractivity contribution is -0.134. The van der Waals surface area contributed by atoms with E-state index >= 15 is 0 Å². The molecule has 1 aromatic heterocycles. The summed E-state index contributed by atoms with van der Waals surface area (Å²) in [5.41, 5.74) is 3.02. The van der Waals surface area contributed by atoms with E-state index in [0.29, 0.717) is 31.6 Å². The SMILES string of the molecule is CCC(=O)N1CCC2CCCC(CN(C(=O)Cn3cc(C)cn3)Cc3ccccc31)N2CC. The minimum Gasteiger partial charge on any atom is -0.335 e.